The molecule has 0 radical (unpaired) electrons. The van der Waals surface area contributed by atoms with E-state index in [1.807, 2.05) is 48.9 Å². The van der Waals surface area contributed by atoms with E-state index < -0.39 is 0 Å². The van der Waals surface area contributed by atoms with E-state index in [0.717, 1.165) is 30.0 Å². The molecule has 1 amide bonds. The van der Waals surface area contributed by atoms with E-state index in [0.29, 0.717) is 5.13 Å². The molecule has 1 aromatic heterocycles. The fraction of sp³-hybridized carbons (Fsp3) is 0.412. The van der Waals surface area contributed by atoms with E-state index in [1.54, 1.807) is 11.8 Å². The van der Waals surface area contributed by atoms with Crippen molar-refractivity contribution in [1.82, 2.24) is 10.3 Å². The number of aromatic nitrogens is 1. The Morgan fingerprint density at radius 2 is 2.13 bits per heavy atom. The number of nitrogens with one attached hydrogen (secondary N) is 2. The lowest BCUT2D eigenvalue weighted by Crippen LogP contribution is -2.40. The van der Waals surface area contributed by atoms with Gasteiger partial charge < -0.3 is 10.6 Å². The van der Waals surface area contributed by atoms with Crippen LogP contribution < -0.4 is 10.6 Å². The van der Waals surface area contributed by atoms with Gasteiger partial charge in [0.2, 0.25) is 5.91 Å². The first-order valence-corrected chi connectivity index (χ1v) is 9.56. The number of thioether (sulfide) groups is 1. The second kappa shape index (κ2) is 10.4. The van der Waals surface area contributed by atoms with Gasteiger partial charge in [0.25, 0.3) is 0 Å². The smallest absolute Gasteiger partial charge is 0.243 e. The van der Waals surface area contributed by atoms with Gasteiger partial charge in [-0.05, 0) is 25.0 Å². The maximum absolute atomic E-state index is 12.3. The minimum atomic E-state index is -0.165. The fourth-order valence-electron chi connectivity index (χ4n) is 2.07. The molecule has 1 atom stereocenters. The number of rotatable bonds is 8. The molecule has 130 valence electrons. The van der Waals surface area contributed by atoms with Crippen molar-refractivity contribution in [2.45, 2.75) is 26.8 Å². The van der Waals surface area contributed by atoms with E-state index in [4.69, 9.17) is 0 Å². The number of carbonyl (C=O) groups is 1. The summed E-state index contributed by atoms with van der Waals surface area (Å²) in [5, 5.41) is 8.77. The molecular weight excluding hydrogens is 326 g/mol. The molecule has 4 nitrogen and oxygen atoms in total. The largest absolute Gasteiger partial charge is 0.306 e. The van der Waals surface area contributed by atoms with Crippen molar-refractivity contribution in [2.24, 2.45) is 0 Å². The normalized spacial score (nSPS) is 11.6. The van der Waals surface area contributed by atoms with Crippen molar-refractivity contribution >= 4 is 34.1 Å². The zero-order valence-corrected chi connectivity index (χ0v) is 14.5. The molecule has 0 saturated carbocycles. The Kier molecular flexibility index (Phi) is 8.91. The van der Waals surface area contributed by atoms with Crippen LogP contribution in [0.25, 0.3) is 11.3 Å². The average molecular weight is 356 g/mol. The van der Waals surface area contributed by atoms with Crippen LogP contribution >= 0.6 is 23.1 Å². The minimum Gasteiger partial charge on any atom is -0.306 e. The standard InChI is InChI=1S/C16H21N3OS2.CH4.2H2/c1-3-17-13(9-10-21-2)15(20)19-16-18-14(11-22-16)12-7-5-4-6-8-12;;;/h4-8,11,13,17H,3,9-10H2,1-2H3,(H,18,19,20);1H4;2*1H/t13-;;;/m0.../s1. The second-order valence-corrected chi connectivity index (χ2v) is 6.63. The van der Waals surface area contributed by atoms with Gasteiger partial charge in [-0.1, -0.05) is 44.7 Å². The summed E-state index contributed by atoms with van der Waals surface area (Å²) >= 11 is 3.20. The van der Waals surface area contributed by atoms with Crippen LogP contribution in [0.5, 0.6) is 0 Å². The summed E-state index contributed by atoms with van der Waals surface area (Å²) < 4.78 is 0. The van der Waals surface area contributed by atoms with Crippen molar-refractivity contribution in [3.63, 3.8) is 0 Å². The highest BCUT2D eigenvalue weighted by molar-refractivity contribution is 7.98. The number of anilines is 1. The highest BCUT2D eigenvalue weighted by atomic mass is 32.2. The van der Waals surface area contributed by atoms with E-state index >= 15 is 0 Å². The lowest BCUT2D eigenvalue weighted by Gasteiger charge is -2.15. The molecule has 0 bridgehead atoms. The van der Waals surface area contributed by atoms with Crippen LogP contribution in [-0.2, 0) is 4.79 Å². The molecule has 0 aliphatic carbocycles. The van der Waals surface area contributed by atoms with Crippen LogP contribution in [0.1, 0.15) is 23.6 Å². The molecule has 0 aliphatic rings. The van der Waals surface area contributed by atoms with E-state index in [1.165, 1.54) is 11.3 Å². The third kappa shape index (κ3) is 5.97. The van der Waals surface area contributed by atoms with Gasteiger partial charge in [-0.2, -0.15) is 11.8 Å². The SMILES string of the molecule is C.CCN[C@@H](CCSC)C(=O)Nc1nc(-c2ccccc2)cs1.[HH].[HH]. The number of nitrogens with zero attached hydrogens (tertiary/aromatic N) is 1. The van der Waals surface area contributed by atoms with E-state index in [9.17, 15) is 4.79 Å². The number of carbonyl (C=O) groups excluding carboxylic acids is 1. The van der Waals surface area contributed by atoms with Crippen LogP contribution in [0.3, 0.4) is 0 Å². The first-order chi connectivity index (χ1) is 10.7. The number of thiazole rings is 1. The minimum absolute atomic E-state index is 0. The maximum Gasteiger partial charge on any atom is 0.243 e. The maximum atomic E-state index is 12.3. The van der Waals surface area contributed by atoms with Crippen LogP contribution in [0, 0.1) is 0 Å². The van der Waals surface area contributed by atoms with Crippen molar-refractivity contribution in [3.8, 4) is 11.3 Å². The molecule has 2 N–H and O–H groups in total. The summed E-state index contributed by atoms with van der Waals surface area (Å²) in [5.74, 6) is 0.947. The van der Waals surface area contributed by atoms with Crippen molar-refractivity contribution in [1.29, 1.82) is 0 Å². The highest BCUT2D eigenvalue weighted by Crippen LogP contribution is 2.24. The van der Waals surface area contributed by atoms with Crippen LogP contribution in [0.4, 0.5) is 5.13 Å². The van der Waals surface area contributed by atoms with Crippen LogP contribution in [0.15, 0.2) is 35.7 Å². The van der Waals surface area contributed by atoms with Crippen LogP contribution in [0.2, 0.25) is 0 Å². The molecule has 23 heavy (non-hydrogen) atoms. The summed E-state index contributed by atoms with van der Waals surface area (Å²) in [4.78, 5) is 16.8. The third-order valence-electron chi connectivity index (χ3n) is 3.18. The molecular formula is C17H29N3OS2. The Labute approximate surface area is 150 Å². The van der Waals surface area contributed by atoms with E-state index in [2.05, 4.69) is 15.6 Å². The Bertz CT molecular complexity index is 597. The highest BCUT2D eigenvalue weighted by Gasteiger charge is 2.18. The Hall–Kier alpha value is -1.37. The summed E-state index contributed by atoms with van der Waals surface area (Å²) in [5.41, 5.74) is 1.95. The molecule has 2 rings (SSSR count). The third-order valence-corrected chi connectivity index (χ3v) is 4.58. The van der Waals surface area contributed by atoms with Crippen molar-refractivity contribution in [3.05, 3.63) is 35.7 Å². The zero-order valence-electron chi connectivity index (χ0n) is 12.8. The van der Waals surface area contributed by atoms with Crippen LogP contribution in [-0.4, -0.2) is 35.5 Å². The van der Waals surface area contributed by atoms with Crippen molar-refractivity contribution in [2.75, 3.05) is 23.9 Å². The Morgan fingerprint density at radius 3 is 2.78 bits per heavy atom. The first kappa shape index (κ1) is 19.7. The Balaban J connectivity index is 0. The van der Waals surface area contributed by atoms with Gasteiger partial charge in [0.05, 0.1) is 11.7 Å². The number of likely N-dealkylation sites (N-methyl/N-ethyl adjacent to an activating group) is 1. The Morgan fingerprint density at radius 1 is 1.39 bits per heavy atom. The van der Waals surface area contributed by atoms with Gasteiger partial charge in [0.1, 0.15) is 0 Å². The van der Waals surface area contributed by atoms with Gasteiger partial charge in [-0.15, -0.1) is 11.3 Å². The first-order valence-electron chi connectivity index (χ1n) is 7.28. The molecule has 0 spiro atoms. The average Bonchev–Trinajstić information content (AvgIpc) is 3.00. The number of hydrogen-bond donors (Lipinski definition) is 2. The number of amides is 1. The predicted octanol–water partition coefficient (Wildman–Crippen LogP) is 4.61. The van der Waals surface area contributed by atoms with Gasteiger partial charge in [0, 0.05) is 13.8 Å². The fourth-order valence-corrected chi connectivity index (χ4v) is 3.27. The molecule has 0 aliphatic heterocycles. The molecule has 6 heteroatoms. The predicted molar refractivity (Wildman–Crippen MR) is 108 cm³/mol. The number of hydrogen-bond acceptors (Lipinski definition) is 5. The second-order valence-electron chi connectivity index (χ2n) is 4.78. The molecule has 1 heterocycles. The molecule has 0 unspecified atom stereocenters. The lowest BCUT2D eigenvalue weighted by molar-refractivity contribution is -0.118. The topological polar surface area (TPSA) is 54.0 Å². The van der Waals surface area contributed by atoms with Gasteiger partial charge in [-0.25, -0.2) is 4.98 Å². The summed E-state index contributed by atoms with van der Waals surface area (Å²) in [7, 11) is 0. The van der Waals surface area contributed by atoms with Crippen molar-refractivity contribution < 1.29 is 7.65 Å². The monoisotopic (exact) mass is 355 g/mol. The molecule has 0 fully saturated rings. The zero-order chi connectivity index (χ0) is 15.8. The van der Waals surface area contributed by atoms with Gasteiger partial charge in [0.15, 0.2) is 5.13 Å². The molecule has 2 aromatic rings. The molecule has 0 saturated heterocycles. The van der Waals surface area contributed by atoms with E-state index in [-0.39, 0.29) is 22.2 Å². The summed E-state index contributed by atoms with van der Waals surface area (Å²) in [6.07, 6.45) is 2.87. The molecule has 1 aromatic carbocycles. The van der Waals surface area contributed by atoms with Gasteiger partial charge in [-0.3, -0.25) is 4.79 Å². The number of benzene rings is 1. The lowest BCUT2D eigenvalue weighted by atomic mass is 10.2. The summed E-state index contributed by atoms with van der Waals surface area (Å²) in [6, 6.07) is 9.81. The summed E-state index contributed by atoms with van der Waals surface area (Å²) in [6.45, 7) is 2.79. The quantitative estimate of drug-likeness (QED) is 0.726. The van der Waals surface area contributed by atoms with Gasteiger partial charge >= 0.3 is 0 Å².